The number of aromatic nitrogens is 2. The van der Waals surface area contributed by atoms with Gasteiger partial charge in [-0.2, -0.15) is 0 Å². The zero-order valence-corrected chi connectivity index (χ0v) is 17.8. The molecule has 0 saturated carbocycles. The molecule has 5 heteroatoms. The number of carboxylic acids is 1. The third-order valence-corrected chi connectivity index (χ3v) is 6.13. The van der Waals surface area contributed by atoms with Crippen LogP contribution < -0.4 is 0 Å². The first-order valence-corrected chi connectivity index (χ1v) is 10.7. The standard InChI is InChI=1S/C22H29BrN2O2/c1-3-4-5-6-7-19-14-25-21(15-24-19)18-11-8-17(9-12-18)10-13-20(23)16(2)22(26)27/h8-9,11-12,14-16,20H,3-7,10,13H2,1-2H3,(H,26,27). The lowest BCUT2D eigenvalue weighted by Crippen LogP contribution is -2.20. The van der Waals surface area contributed by atoms with E-state index in [1.807, 2.05) is 12.4 Å². The Hall–Kier alpha value is -1.75. The summed E-state index contributed by atoms with van der Waals surface area (Å²) in [7, 11) is 0. The molecule has 0 aliphatic heterocycles. The highest BCUT2D eigenvalue weighted by Crippen LogP contribution is 2.22. The molecule has 0 radical (unpaired) electrons. The summed E-state index contributed by atoms with van der Waals surface area (Å²) in [4.78, 5) is 20.1. The molecular formula is C22H29BrN2O2. The van der Waals surface area contributed by atoms with Gasteiger partial charge in [0.1, 0.15) is 0 Å². The van der Waals surface area contributed by atoms with Crippen LogP contribution in [0.1, 0.15) is 57.2 Å². The van der Waals surface area contributed by atoms with E-state index in [9.17, 15) is 4.79 Å². The minimum Gasteiger partial charge on any atom is -0.481 e. The van der Waals surface area contributed by atoms with E-state index in [4.69, 9.17) is 5.11 Å². The summed E-state index contributed by atoms with van der Waals surface area (Å²) in [5.74, 6) is -1.15. The fraction of sp³-hybridized carbons (Fsp3) is 0.500. The average Bonchev–Trinajstić information content (AvgIpc) is 2.69. The zero-order chi connectivity index (χ0) is 19.6. The predicted octanol–water partition coefficient (Wildman–Crippen LogP) is 5.68. The summed E-state index contributed by atoms with van der Waals surface area (Å²) >= 11 is 3.49. The molecule has 2 rings (SSSR count). The first-order chi connectivity index (χ1) is 13.0. The summed E-state index contributed by atoms with van der Waals surface area (Å²) in [6, 6.07) is 8.29. The zero-order valence-electron chi connectivity index (χ0n) is 16.2. The van der Waals surface area contributed by atoms with Crippen molar-refractivity contribution in [3.8, 4) is 11.3 Å². The van der Waals surface area contributed by atoms with Gasteiger partial charge in [0, 0.05) is 16.6 Å². The van der Waals surface area contributed by atoms with Crippen LogP contribution in [0.5, 0.6) is 0 Å². The highest BCUT2D eigenvalue weighted by molar-refractivity contribution is 9.09. The Morgan fingerprint density at radius 1 is 1.07 bits per heavy atom. The van der Waals surface area contributed by atoms with E-state index in [2.05, 4.69) is 57.1 Å². The summed E-state index contributed by atoms with van der Waals surface area (Å²) in [6.45, 7) is 3.95. The number of aryl methyl sites for hydroxylation is 2. The molecule has 2 atom stereocenters. The predicted molar refractivity (Wildman–Crippen MR) is 113 cm³/mol. The molecule has 1 aromatic carbocycles. The van der Waals surface area contributed by atoms with Gasteiger partial charge in [0.05, 0.1) is 23.5 Å². The lowest BCUT2D eigenvalue weighted by atomic mass is 10.00. The van der Waals surface area contributed by atoms with E-state index >= 15 is 0 Å². The molecule has 0 saturated heterocycles. The number of carboxylic acid groups (broad SMARTS) is 1. The molecule has 1 heterocycles. The van der Waals surface area contributed by atoms with Crippen molar-refractivity contribution >= 4 is 21.9 Å². The first kappa shape index (κ1) is 21.5. The minimum atomic E-state index is -0.764. The molecule has 2 unspecified atom stereocenters. The highest BCUT2D eigenvalue weighted by atomic mass is 79.9. The number of nitrogens with zero attached hydrogens (tertiary/aromatic N) is 2. The van der Waals surface area contributed by atoms with Crippen molar-refractivity contribution in [1.82, 2.24) is 9.97 Å². The molecule has 4 nitrogen and oxygen atoms in total. The van der Waals surface area contributed by atoms with Crippen LogP contribution in [0.3, 0.4) is 0 Å². The number of hydrogen-bond donors (Lipinski definition) is 1. The van der Waals surface area contributed by atoms with Gasteiger partial charge in [-0.25, -0.2) is 0 Å². The van der Waals surface area contributed by atoms with Crippen LogP contribution in [0, 0.1) is 5.92 Å². The second kappa shape index (κ2) is 11.2. The maximum Gasteiger partial charge on any atom is 0.307 e. The summed E-state index contributed by atoms with van der Waals surface area (Å²) in [6.07, 6.45) is 11.3. The Kier molecular flexibility index (Phi) is 8.92. The summed E-state index contributed by atoms with van der Waals surface area (Å²) in [5.41, 5.74) is 4.19. The monoisotopic (exact) mass is 432 g/mol. The Bertz CT molecular complexity index is 701. The quantitative estimate of drug-likeness (QED) is 0.366. The third kappa shape index (κ3) is 7.06. The third-order valence-electron chi connectivity index (χ3n) is 4.88. The molecule has 0 bridgehead atoms. The molecule has 1 N–H and O–H groups in total. The van der Waals surface area contributed by atoms with Crippen LogP contribution in [0.15, 0.2) is 36.7 Å². The number of hydrogen-bond acceptors (Lipinski definition) is 3. The van der Waals surface area contributed by atoms with Crippen molar-refractivity contribution in [3.05, 3.63) is 47.9 Å². The van der Waals surface area contributed by atoms with Crippen LogP contribution in [-0.2, 0) is 17.6 Å². The molecule has 27 heavy (non-hydrogen) atoms. The fourth-order valence-electron chi connectivity index (χ4n) is 2.92. The fourth-order valence-corrected chi connectivity index (χ4v) is 3.37. The van der Waals surface area contributed by atoms with Crippen molar-refractivity contribution in [2.75, 3.05) is 0 Å². The van der Waals surface area contributed by atoms with Gasteiger partial charge >= 0.3 is 5.97 Å². The van der Waals surface area contributed by atoms with Gasteiger partial charge in [-0.3, -0.25) is 14.8 Å². The van der Waals surface area contributed by atoms with Gasteiger partial charge in [-0.05, 0) is 31.2 Å². The number of halogens is 1. The van der Waals surface area contributed by atoms with Crippen LogP contribution >= 0.6 is 15.9 Å². The molecule has 2 aromatic rings. The SMILES string of the molecule is CCCCCCc1cnc(-c2ccc(CCC(Br)C(C)C(=O)O)cc2)cn1. The van der Waals surface area contributed by atoms with Crippen molar-refractivity contribution in [3.63, 3.8) is 0 Å². The van der Waals surface area contributed by atoms with Crippen molar-refractivity contribution in [2.45, 2.75) is 63.6 Å². The Balaban J connectivity index is 1.88. The normalized spacial score (nSPS) is 13.3. The molecular weight excluding hydrogens is 404 g/mol. The number of unbranched alkanes of at least 4 members (excludes halogenated alkanes) is 3. The molecule has 0 amide bonds. The minimum absolute atomic E-state index is 0.0228. The second-order valence-corrected chi connectivity index (χ2v) is 8.26. The summed E-state index contributed by atoms with van der Waals surface area (Å²) < 4.78 is 0. The van der Waals surface area contributed by atoms with E-state index in [-0.39, 0.29) is 10.7 Å². The van der Waals surface area contributed by atoms with Gasteiger partial charge in [0.15, 0.2) is 0 Å². The Morgan fingerprint density at radius 3 is 2.41 bits per heavy atom. The van der Waals surface area contributed by atoms with Crippen LogP contribution in [0.2, 0.25) is 0 Å². The lowest BCUT2D eigenvalue weighted by molar-refractivity contribution is -0.141. The molecule has 0 fully saturated rings. The molecule has 0 spiro atoms. The van der Waals surface area contributed by atoms with Crippen molar-refractivity contribution in [2.24, 2.45) is 5.92 Å². The van der Waals surface area contributed by atoms with Crippen molar-refractivity contribution in [1.29, 1.82) is 0 Å². The van der Waals surface area contributed by atoms with E-state index < -0.39 is 5.97 Å². The van der Waals surface area contributed by atoms with Crippen LogP contribution in [0.25, 0.3) is 11.3 Å². The number of rotatable bonds is 11. The smallest absolute Gasteiger partial charge is 0.307 e. The second-order valence-electron chi connectivity index (χ2n) is 7.08. The van der Waals surface area contributed by atoms with Gasteiger partial charge in [0.25, 0.3) is 0 Å². The lowest BCUT2D eigenvalue weighted by Gasteiger charge is -2.14. The van der Waals surface area contributed by atoms with E-state index in [1.165, 1.54) is 31.2 Å². The van der Waals surface area contributed by atoms with Crippen LogP contribution in [-0.4, -0.2) is 25.9 Å². The topological polar surface area (TPSA) is 63.1 Å². The van der Waals surface area contributed by atoms with Gasteiger partial charge in [-0.15, -0.1) is 0 Å². The molecule has 0 aliphatic carbocycles. The van der Waals surface area contributed by atoms with E-state index in [0.29, 0.717) is 0 Å². The number of benzene rings is 1. The largest absolute Gasteiger partial charge is 0.481 e. The number of aliphatic carboxylic acids is 1. The average molecular weight is 433 g/mol. The highest BCUT2D eigenvalue weighted by Gasteiger charge is 2.20. The molecule has 146 valence electrons. The summed E-state index contributed by atoms with van der Waals surface area (Å²) in [5, 5.41) is 9.06. The van der Waals surface area contributed by atoms with Gasteiger partial charge in [-0.1, -0.05) is 73.3 Å². The maximum atomic E-state index is 11.0. The van der Waals surface area contributed by atoms with E-state index in [0.717, 1.165) is 36.2 Å². The number of alkyl halides is 1. The number of carbonyl (C=O) groups is 1. The van der Waals surface area contributed by atoms with Crippen molar-refractivity contribution < 1.29 is 9.90 Å². The van der Waals surface area contributed by atoms with Gasteiger partial charge < -0.3 is 5.11 Å². The van der Waals surface area contributed by atoms with Crippen LogP contribution in [0.4, 0.5) is 0 Å². The van der Waals surface area contributed by atoms with Gasteiger partial charge in [0.2, 0.25) is 0 Å². The van der Waals surface area contributed by atoms with E-state index in [1.54, 1.807) is 6.92 Å². The Morgan fingerprint density at radius 2 is 1.81 bits per heavy atom. The molecule has 0 aliphatic rings. The Labute approximate surface area is 170 Å². The molecule has 1 aromatic heterocycles. The first-order valence-electron chi connectivity index (χ1n) is 9.78. The maximum absolute atomic E-state index is 11.0.